The summed E-state index contributed by atoms with van der Waals surface area (Å²) in [6, 6.07) is 5.58. The topological polar surface area (TPSA) is 29.1 Å². The summed E-state index contributed by atoms with van der Waals surface area (Å²) in [5, 5.41) is 2.64. The number of alkyl halides is 1. The molecule has 0 aromatic heterocycles. The summed E-state index contributed by atoms with van der Waals surface area (Å²) in [6.45, 7) is 0.513. The largest absolute Gasteiger partial charge is 0.352 e. The van der Waals surface area contributed by atoms with Crippen LogP contribution in [0.2, 0.25) is 0 Å². The molecule has 76 valence electrons. The average Bonchev–Trinajstić information content (AvgIpc) is 2.18. The van der Waals surface area contributed by atoms with Gasteiger partial charge in [0, 0.05) is 18.0 Å². The van der Waals surface area contributed by atoms with Gasteiger partial charge in [-0.3, -0.25) is 4.79 Å². The Bertz CT molecular complexity index is 317. The van der Waals surface area contributed by atoms with E-state index in [1.807, 2.05) is 0 Å². The normalized spacial score (nSPS) is 9.86. The first kappa shape index (κ1) is 11.0. The molecule has 0 saturated carbocycles. The molecule has 0 radical (unpaired) electrons. The van der Waals surface area contributed by atoms with Crippen molar-refractivity contribution < 1.29 is 9.18 Å². The highest BCUT2D eigenvalue weighted by Gasteiger charge is 2.04. The standard InChI is InChI=1S/C10H11ClFNO/c11-5-2-6-13-10(14)8-3-1-4-9(12)7-8/h1,3-4,7H,2,5-6H2,(H,13,14). The van der Waals surface area contributed by atoms with Crippen molar-refractivity contribution in [2.45, 2.75) is 6.42 Å². The SMILES string of the molecule is O=C(NCCCCl)c1cccc(F)c1. The lowest BCUT2D eigenvalue weighted by molar-refractivity contribution is 0.0953. The summed E-state index contributed by atoms with van der Waals surface area (Å²) in [5.74, 6) is -0.173. The first-order valence-electron chi connectivity index (χ1n) is 4.34. The van der Waals surface area contributed by atoms with Crippen molar-refractivity contribution in [1.29, 1.82) is 0 Å². The van der Waals surface area contributed by atoms with E-state index in [1.54, 1.807) is 6.07 Å². The highest BCUT2D eigenvalue weighted by molar-refractivity contribution is 6.17. The van der Waals surface area contributed by atoms with Crippen LogP contribution in [0.4, 0.5) is 4.39 Å². The molecule has 0 unspecified atom stereocenters. The van der Waals surface area contributed by atoms with Crippen LogP contribution in [0.5, 0.6) is 0 Å². The zero-order valence-electron chi connectivity index (χ0n) is 7.59. The monoisotopic (exact) mass is 215 g/mol. The maximum absolute atomic E-state index is 12.7. The lowest BCUT2D eigenvalue weighted by atomic mass is 10.2. The lowest BCUT2D eigenvalue weighted by Crippen LogP contribution is -2.24. The van der Waals surface area contributed by atoms with Crippen LogP contribution in [0, 0.1) is 5.82 Å². The number of hydrogen-bond donors (Lipinski definition) is 1. The van der Waals surface area contributed by atoms with E-state index >= 15 is 0 Å². The number of halogens is 2. The van der Waals surface area contributed by atoms with Crippen LogP contribution in [0.1, 0.15) is 16.8 Å². The van der Waals surface area contributed by atoms with E-state index in [0.717, 1.165) is 0 Å². The van der Waals surface area contributed by atoms with Gasteiger partial charge >= 0.3 is 0 Å². The predicted octanol–water partition coefficient (Wildman–Crippen LogP) is 2.18. The zero-order valence-corrected chi connectivity index (χ0v) is 8.35. The second-order valence-electron chi connectivity index (χ2n) is 2.81. The molecule has 0 atom stereocenters. The van der Waals surface area contributed by atoms with E-state index < -0.39 is 5.82 Å². The van der Waals surface area contributed by atoms with Crippen LogP contribution in [-0.4, -0.2) is 18.3 Å². The van der Waals surface area contributed by atoms with Crippen molar-refractivity contribution in [2.24, 2.45) is 0 Å². The molecule has 1 aromatic carbocycles. The molecular weight excluding hydrogens is 205 g/mol. The van der Waals surface area contributed by atoms with Gasteiger partial charge in [0.25, 0.3) is 5.91 Å². The Kier molecular flexibility index (Phi) is 4.40. The Morgan fingerprint density at radius 2 is 2.29 bits per heavy atom. The van der Waals surface area contributed by atoms with Crippen LogP contribution < -0.4 is 5.32 Å². The highest BCUT2D eigenvalue weighted by atomic mass is 35.5. The van der Waals surface area contributed by atoms with Gasteiger partial charge in [0.1, 0.15) is 5.82 Å². The number of rotatable bonds is 4. The summed E-state index contributed by atoms with van der Waals surface area (Å²) >= 11 is 5.44. The zero-order chi connectivity index (χ0) is 10.4. The summed E-state index contributed by atoms with van der Waals surface area (Å²) in [6.07, 6.45) is 0.711. The number of benzene rings is 1. The molecule has 1 rings (SSSR count). The number of nitrogens with one attached hydrogen (secondary N) is 1. The molecule has 4 heteroatoms. The Morgan fingerprint density at radius 1 is 1.50 bits per heavy atom. The molecule has 0 bridgehead atoms. The minimum Gasteiger partial charge on any atom is -0.352 e. The van der Waals surface area contributed by atoms with E-state index in [-0.39, 0.29) is 5.91 Å². The minimum atomic E-state index is -0.407. The van der Waals surface area contributed by atoms with Crippen molar-refractivity contribution in [3.05, 3.63) is 35.6 Å². The number of hydrogen-bond acceptors (Lipinski definition) is 1. The van der Waals surface area contributed by atoms with Crippen molar-refractivity contribution in [1.82, 2.24) is 5.32 Å². The summed E-state index contributed by atoms with van der Waals surface area (Å²) in [4.78, 5) is 11.4. The molecule has 0 saturated heterocycles. The molecule has 1 amide bonds. The molecule has 1 N–H and O–H groups in total. The maximum Gasteiger partial charge on any atom is 0.251 e. The number of carbonyl (C=O) groups is 1. The van der Waals surface area contributed by atoms with Crippen LogP contribution in [0.15, 0.2) is 24.3 Å². The number of carbonyl (C=O) groups excluding carboxylic acids is 1. The molecule has 0 aliphatic rings. The third kappa shape index (κ3) is 3.34. The quantitative estimate of drug-likeness (QED) is 0.606. The van der Waals surface area contributed by atoms with E-state index in [2.05, 4.69) is 5.32 Å². The van der Waals surface area contributed by atoms with Gasteiger partial charge in [-0.2, -0.15) is 0 Å². The van der Waals surface area contributed by atoms with Crippen LogP contribution in [0.3, 0.4) is 0 Å². The molecule has 0 heterocycles. The average molecular weight is 216 g/mol. The fourth-order valence-electron chi connectivity index (χ4n) is 1.00. The number of amides is 1. The van der Waals surface area contributed by atoms with Crippen molar-refractivity contribution in [3.63, 3.8) is 0 Å². The second-order valence-corrected chi connectivity index (χ2v) is 3.19. The smallest absolute Gasteiger partial charge is 0.251 e. The van der Waals surface area contributed by atoms with Crippen LogP contribution in [0.25, 0.3) is 0 Å². The molecule has 0 aliphatic heterocycles. The Labute approximate surface area is 87.1 Å². The predicted molar refractivity (Wildman–Crippen MR) is 54.1 cm³/mol. The molecule has 0 fully saturated rings. The van der Waals surface area contributed by atoms with Gasteiger partial charge in [-0.1, -0.05) is 6.07 Å². The van der Waals surface area contributed by atoms with Gasteiger partial charge in [-0.15, -0.1) is 11.6 Å². The van der Waals surface area contributed by atoms with E-state index in [9.17, 15) is 9.18 Å². The van der Waals surface area contributed by atoms with E-state index in [4.69, 9.17) is 11.6 Å². The van der Waals surface area contributed by atoms with Crippen molar-refractivity contribution in [2.75, 3.05) is 12.4 Å². The van der Waals surface area contributed by atoms with Crippen LogP contribution >= 0.6 is 11.6 Å². The van der Waals surface area contributed by atoms with Gasteiger partial charge in [-0.25, -0.2) is 4.39 Å². The molecule has 0 spiro atoms. The molecule has 14 heavy (non-hydrogen) atoms. The fourth-order valence-corrected chi connectivity index (χ4v) is 1.13. The van der Waals surface area contributed by atoms with Gasteiger partial charge in [-0.05, 0) is 24.6 Å². The van der Waals surface area contributed by atoms with Crippen molar-refractivity contribution in [3.8, 4) is 0 Å². The van der Waals surface area contributed by atoms with Gasteiger partial charge < -0.3 is 5.32 Å². The third-order valence-corrected chi connectivity index (χ3v) is 1.95. The molecule has 0 aliphatic carbocycles. The van der Waals surface area contributed by atoms with E-state index in [1.165, 1.54) is 18.2 Å². The second kappa shape index (κ2) is 5.60. The summed E-state index contributed by atoms with van der Waals surface area (Å²) in [5.41, 5.74) is 0.333. The lowest BCUT2D eigenvalue weighted by Gasteiger charge is -2.03. The highest BCUT2D eigenvalue weighted by Crippen LogP contribution is 2.02. The Balaban J connectivity index is 2.52. The molecular formula is C10H11ClFNO. The summed E-state index contributed by atoms with van der Waals surface area (Å²) < 4.78 is 12.7. The maximum atomic E-state index is 12.7. The van der Waals surface area contributed by atoms with Gasteiger partial charge in [0.15, 0.2) is 0 Å². The summed E-state index contributed by atoms with van der Waals surface area (Å²) in [7, 11) is 0. The minimum absolute atomic E-state index is 0.269. The third-order valence-electron chi connectivity index (χ3n) is 1.68. The van der Waals surface area contributed by atoms with Gasteiger partial charge in [0.05, 0.1) is 0 Å². The fraction of sp³-hybridized carbons (Fsp3) is 0.300. The molecule has 1 aromatic rings. The van der Waals surface area contributed by atoms with Crippen LogP contribution in [-0.2, 0) is 0 Å². The van der Waals surface area contributed by atoms with Crippen molar-refractivity contribution >= 4 is 17.5 Å². The first-order valence-corrected chi connectivity index (χ1v) is 4.87. The molecule has 2 nitrogen and oxygen atoms in total. The first-order chi connectivity index (χ1) is 6.74. The van der Waals surface area contributed by atoms with Gasteiger partial charge in [0.2, 0.25) is 0 Å². The Hall–Kier alpha value is -1.09. The Morgan fingerprint density at radius 3 is 2.93 bits per heavy atom. The van der Waals surface area contributed by atoms with E-state index in [0.29, 0.717) is 24.4 Å².